The molecule has 1 aliphatic heterocycles. The molecule has 0 bridgehead atoms. The van der Waals surface area contributed by atoms with Crippen LogP contribution in [-0.4, -0.2) is 50.9 Å². The Hall–Kier alpha value is -3.37. The van der Waals surface area contributed by atoms with Gasteiger partial charge in [0.05, 0.1) is 5.92 Å². The first kappa shape index (κ1) is 22.8. The number of likely N-dealkylation sites (tertiary alicyclic amines) is 1. The number of nitrogens with zero attached hydrogens (tertiary/aromatic N) is 4. The van der Waals surface area contributed by atoms with Crippen LogP contribution in [0.2, 0.25) is 5.02 Å². The van der Waals surface area contributed by atoms with Crippen molar-refractivity contribution in [3.05, 3.63) is 69.4 Å². The summed E-state index contributed by atoms with van der Waals surface area (Å²) in [5.74, 6) is -1.19. The van der Waals surface area contributed by atoms with Crippen molar-refractivity contribution in [2.45, 2.75) is 19.4 Å². The Morgan fingerprint density at radius 1 is 1.12 bits per heavy atom. The second-order valence-electron chi connectivity index (χ2n) is 7.54. The Morgan fingerprint density at radius 3 is 2.67 bits per heavy atom. The third-order valence-corrected chi connectivity index (χ3v) is 6.34. The molecule has 1 atom stereocenters. The van der Waals surface area contributed by atoms with Crippen LogP contribution in [0.3, 0.4) is 0 Å². The Bertz CT molecular complexity index is 1140. The maximum atomic E-state index is 12.9. The van der Waals surface area contributed by atoms with Gasteiger partial charge in [0, 0.05) is 42.7 Å². The number of hydrogen-bond donors (Lipinski definition) is 2. The van der Waals surface area contributed by atoms with Gasteiger partial charge in [0.2, 0.25) is 15.9 Å². The number of hydrogen-bond acceptors (Lipinski definition) is 7. The van der Waals surface area contributed by atoms with E-state index in [4.69, 9.17) is 11.6 Å². The normalized spacial score (nSPS) is 15.7. The van der Waals surface area contributed by atoms with Crippen LogP contribution >= 0.6 is 22.9 Å². The Morgan fingerprint density at radius 2 is 1.91 bits per heavy atom. The van der Waals surface area contributed by atoms with Crippen molar-refractivity contribution in [1.82, 2.24) is 25.4 Å². The maximum Gasteiger partial charge on any atom is 0.286 e. The van der Waals surface area contributed by atoms with E-state index in [0.717, 1.165) is 16.9 Å². The molecule has 0 saturated carbocycles. The molecule has 3 heterocycles. The topological polar surface area (TPSA) is 117 Å². The van der Waals surface area contributed by atoms with Gasteiger partial charge in [0.1, 0.15) is 0 Å². The fourth-order valence-electron chi connectivity index (χ4n) is 3.47. The number of nitrogens with one attached hydrogen (secondary N) is 2. The first-order valence-electron chi connectivity index (χ1n) is 10.4. The number of rotatable bonds is 6. The lowest BCUT2D eigenvalue weighted by molar-refractivity contribution is -0.126. The predicted molar refractivity (Wildman–Crippen MR) is 124 cm³/mol. The standard InChI is InChI=1S/C22H21ClN6O3S/c23-16-5-7-17(8-6-16)26-19(31)20-27-28-21(33-20)22(32)29-10-2-4-15(13-29)18(30)25-12-14-3-1-9-24-11-14/h1,3,5-9,11,15H,2,4,10,12-13H2,(H,25,30)(H,26,31)/t15-/m0/s1. The molecule has 0 aliphatic carbocycles. The molecule has 9 nitrogen and oxygen atoms in total. The number of amides is 3. The summed E-state index contributed by atoms with van der Waals surface area (Å²) in [5.41, 5.74) is 1.47. The fourth-order valence-corrected chi connectivity index (χ4v) is 4.30. The van der Waals surface area contributed by atoms with Gasteiger partial charge in [-0.05, 0) is 48.7 Å². The average molecular weight is 485 g/mol. The van der Waals surface area contributed by atoms with Gasteiger partial charge in [0.25, 0.3) is 11.8 Å². The van der Waals surface area contributed by atoms with Gasteiger partial charge < -0.3 is 15.5 Å². The second kappa shape index (κ2) is 10.5. The van der Waals surface area contributed by atoms with Crippen LogP contribution < -0.4 is 10.6 Å². The first-order chi connectivity index (χ1) is 16.0. The van der Waals surface area contributed by atoms with E-state index in [1.165, 1.54) is 0 Å². The summed E-state index contributed by atoms with van der Waals surface area (Å²) in [5, 5.41) is 14.1. The molecule has 170 valence electrons. The van der Waals surface area contributed by atoms with E-state index >= 15 is 0 Å². The number of halogens is 1. The zero-order chi connectivity index (χ0) is 23.2. The van der Waals surface area contributed by atoms with E-state index in [9.17, 15) is 14.4 Å². The van der Waals surface area contributed by atoms with Gasteiger partial charge >= 0.3 is 0 Å². The van der Waals surface area contributed by atoms with E-state index in [1.54, 1.807) is 41.6 Å². The van der Waals surface area contributed by atoms with E-state index in [2.05, 4.69) is 25.8 Å². The third-order valence-electron chi connectivity index (χ3n) is 5.17. The minimum Gasteiger partial charge on any atom is -0.352 e. The lowest BCUT2D eigenvalue weighted by Gasteiger charge is -2.31. The molecule has 0 radical (unpaired) electrons. The largest absolute Gasteiger partial charge is 0.352 e. The minimum atomic E-state index is -0.458. The highest BCUT2D eigenvalue weighted by atomic mass is 35.5. The monoisotopic (exact) mass is 484 g/mol. The highest BCUT2D eigenvalue weighted by Gasteiger charge is 2.30. The van der Waals surface area contributed by atoms with Crippen LogP contribution in [0, 0.1) is 5.92 Å². The number of carbonyl (C=O) groups is 3. The van der Waals surface area contributed by atoms with Crippen molar-refractivity contribution in [3.8, 4) is 0 Å². The number of aromatic nitrogens is 3. The molecule has 4 rings (SSSR count). The summed E-state index contributed by atoms with van der Waals surface area (Å²) in [6, 6.07) is 10.4. The van der Waals surface area contributed by atoms with Gasteiger partial charge in [-0.25, -0.2) is 0 Å². The van der Waals surface area contributed by atoms with Gasteiger partial charge in [-0.3, -0.25) is 19.4 Å². The molecule has 2 aromatic heterocycles. The zero-order valence-electron chi connectivity index (χ0n) is 17.5. The molecular weight excluding hydrogens is 464 g/mol. The molecular formula is C22H21ClN6O3S. The number of carbonyl (C=O) groups excluding carboxylic acids is 3. The van der Waals surface area contributed by atoms with E-state index in [1.807, 2.05) is 12.1 Å². The quantitative estimate of drug-likeness (QED) is 0.555. The Balaban J connectivity index is 1.33. The third kappa shape index (κ3) is 5.91. The molecule has 1 fully saturated rings. The van der Waals surface area contributed by atoms with Crippen LogP contribution in [0.4, 0.5) is 5.69 Å². The van der Waals surface area contributed by atoms with Crippen molar-refractivity contribution < 1.29 is 14.4 Å². The summed E-state index contributed by atoms with van der Waals surface area (Å²) < 4.78 is 0. The Kier molecular flexibility index (Phi) is 7.26. The summed E-state index contributed by atoms with van der Waals surface area (Å²) >= 11 is 6.77. The number of benzene rings is 1. The Labute approximate surface area is 199 Å². The van der Waals surface area contributed by atoms with Gasteiger partial charge in [-0.1, -0.05) is 29.0 Å². The van der Waals surface area contributed by atoms with Crippen LogP contribution in [-0.2, 0) is 11.3 Å². The van der Waals surface area contributed by atoms with Crippen molar-refractivity contribution in [2.75, 3.05) is 18.4 Å². The predicted octanol–water partition coefficient (Wildman–Crippen LogP) is 3.01. The molecule has 3 aromatic rings. The SMILES string of the molecule is O=C(Nc1ccc(Cl)cc1)c1nnc(C(=O)N2CCC[C@H](C(=O)NCc3cccnc3)C2)s1. The van der Waals surface area contributed by atoms with Gasteiger partial charge in [-0.15, -0.1) is 10.2 Å². The summed E-state index contributed by atoms with van der Waals surface area (Å²) in [7, 11) is 0. The summed E-state index contributed by atoms with van der Waals surface area (Å²) in [4.78, 5) is 43.6. The van der Waals surface area contributed by atoms with Crippen LogP contribution in [0.25, 0.3) is 0 Å². The highest BCUT2D eigenvalue weighted by molar-refractivity contribution is 7.15. The molecule has 2 N–H and O–H groups in total. The van der Waals surface area contributed by atoms with Gasteiger partial charge in [0.15, 0.2) is 0 Å². The molecule has 33 heavy (non-hydrogen) atoms. The highest BCUT2D eigenvalue weighted by Crippen LogP contribution is 2.21. The number of anilines is 1. The van der Waals surface area contributed by atoms with E-state index in [-0.39, 0.29) is 27.7 Å². The average Bonchev–Trinajstić information content (AvgIpc) is 3.35. The molecule has 3 amide bonds. The smallest absolute Gasteiger partial charge is 0.286 e. The zero-order valence-corrected chi connectivity index (χ0v) is 19.1. The summed E-state index contributed by atoms with van der Waals surface area (Å²) in [6.45, 7) is 1.21. The van der Waals surface area contributed by atoms with Crippen LogP contribution in [0.15, 0.2) is 48.8 Å². The lowest BCUT2D eigenvalue weighted by Crippen LogP contribution is -2.45. The lowest BCUT2D eigenvalue weighted by atomic mass is 9.97. The van der Waals surface area contributed by atoms with Crippen molar-refractivity contribution >= 4 is 46.3 Å². The maximum absolute atomic E-state index is 12.9. The van der Waals surface area contributed by atoms with Crippen LogP contribution in [0.1, 0.15) is 38.0 Å². The van der Waals surface area contributed by atoms with E-state index in [0.29, 0.717) is 43.2 Å². The molecule has 0 unspecified atom stereocenters. The van der Waals surface area contributed by atoms with Crippen molar-refractivity contribution in [1.29, 1.82) is 0 Å². The van der Waals surface area contributed by atoms with Crippen molar-refractivity contribution in [2.24, 2.45) is 5.92 Å². The molecule has 0 spiro atoms. The first-order valence-corrected chi connectivity index (χ1v) is 11.6. The second-order valence-corrected chi connectivity index (χ2v) is 8.96. The molecule has 1 aliphatic rings. The fraction of sp³-hybridized carbons (Fsp3) is 0.273. The number of pyridine rings is 1. The number of piperidine rings is 1. The summed E-state index contributed by atoms with van der Waals surface area (Å²) in [6.07, 6.45) is 4.79. The molecule has 11 heteroatoms. The van der Waals surface area contributed by atoms with Crippen molar-refractivity contribution in [3.63, 3.8) is 0 Å². The van der Waals surface area contributed by atoms with E-state index < -0.39 is 5.91 Å². The minimum absolute atomic E-state index is 0.0797. The molecule has 1 saturated heterocycles. The van der Waals surface area contributed by atoms with Gasteiger partial charge in [-0.2, -0.15) is 0 Å². The molecule has 1 aromatic carbocycles. The van der Waals surface area contributed by atoms with Crippen LogP contribution in [0.5, 0.6) is 0 Å².